The van der Waals surface area contributed by atoms with Crippen molar-refractivity contribution in [3.05, 3.63) is 66.2 Å². The summed E-state index contributed by atoms with van der Waals surface area (Å²) in [6.45, 7) is 0. The van der Waals surface area contributed by atoms with Gasteiger partial charge in [0.25, 0.3) is 0 Å². The van der Waals surface area contributed by atoms with Gasteiger partial charge >= 0.3 is 5.16 Å². The zero-order valence-electron chi connectivity index (χ0n) is 10.8. The smallest absolute Gasteiger partial charge is 0.321 e. The van der Waals surface area contributed by atoms with Crippen LogP contribution in [0.1, 0.15) is 5.56 Å². The highest BCUT2D eigenvalue weighted by Crippen LogP contribution is 2.15. The number of hydrogen-bond donors (Lipinski definition) is 1. The minimum Gasteiger partial charge on any atom is -0.609 e. The van der Waals surface area contributed by atoms with Gasteiger partial charge in [-0.3, -0.25) is 4.98 Å². The Morgan fingerprint density at radius 1 is 1.05 bits per heavy atom. The highest BCUT2D eigenvalue weighted by Gasteiger charge is 2.14. The molecule has 1 N–H and O–H groups in total. The van der Waals surface area contributed by atoms with Crippen LogP contribution in [0.4, 0.5) is 0 Å². The zero-order valence-corrected chi connectivity index (χ0v) is 11.6. The van der Waals surface area contributed by atoms with Crippen molar-refractivity contribution >= 4 is 28.3 Å². The Kier molecular flexibility index (Phi) is 3.85. The van der Waals surface area contributed by atoms with Crippen LogP contribution in [-0.2, 0) is 11.2 Å². The first-order chi connectivity index (χ1) is 9.83. The lowest BCUT2D eigenvalue weighted by molar-refractivity contribution is 0.591. The Morgan fingerprint density at radius 2 is 1.80 bits per heavy atom. The number of nitrogens with zero attached hydrogens (tertiary/aromatic N) is 1. The van der Waals surface area contributed by atoms with Crippen LogP contribution in [-0.4, -0.2) is 20.3 Å². The van der Waals surface area contributed by atoms with Gasteiger partial charge in [0.15, 0.2) is 0 Å². The van der Waals surface area contributed by atoms with Crippen LogP contribution in [0.2, 0.25) is 0 Å². The number of aromatic nitrogens is 2. The zero-order chi connectivity index (χ0) is 13.8. The molecule has 1 aromatic heterocycles. The molecule has 0 aliphatic rings. The van der Waals surface area contributed by atoms with Crippen LogP contribution in [0.5, 0.6) is 0 Å². The van der Waals surface area contributed by atoms with E-state index in [1.54, 1.807) is 0 Å². The quantitative estimate of drug-likeness (QED) is 0.746. The molecule has 0 radical (unpaired) electrons. The number of fused-ring (bicyclic) bond motifs is 1. The summed E-state index contributed by atoms with van der Waals surface area (Å²) < 4.78 is 12.2. The van der Waals surface area contributed by atoms with E-state index in [-0.39, 0.29) is 0 Å². The summed E-state index contributed by atoms with van der Waals surface area (Å²) in [6, 6.07) is 17.7. The Hall–Kier alpha value is -2.04. The predicted octanol–water partition coefficient (Wildman–Crippen LogP) is 3.38. The average molecular weight is 282 g/mol. The van der Waals surface area contributed by atoms with Gasteiger partial charge in [0.1, 0.15) is 5.75 Å². The molecule has 100 valence electrons. The number of benzene rings is 2. The van der Waals surface area contributed by atoms with Crippen LogP contribution in [0, 0.1) is 0 Å². The van der Waals surface area contributed by atoms with Gasteiger partial charge in [-0.15, -0.1) is 0 Å². The van der Waals surface area contributed by atoms with Crippen molar-refractivity contribution in [2.45, 2.75) is 5.16 Å². The highest BCUT2D eigenvalue weighted by molar-refractivity contribution is 7.91. The molecule has 1 heterocycles. The molecule has 0 aliphatic heterocycles. The van der Waals surface area contributed by atoms with Gasteiger partial charge in [-0.2, -0.15) is 4.98 Å². The SMILES string of the molecule is [O-][S+](CC=Cc1ccccc1)c1nc2ccccc2[nH]1. The van der Waals surface area contributed by atoms with Gasteiger partial charge in [0.05, 0.1) is 11.0 Å². The van der Waals surface area contributed by atoms with Gasteiger partial charge in [0, 0.05) is 11.2 Å². The molecule has 0 saturated heterocycles. The number of rotatable bonds is 4. The molecule has 0 spiro atoms. The topological polar surface area (TPSA) is 51.7 Å². The molecule has 1 unspecified atom stereocenters. The van der Waals surface area contributed by atoms with Crippen molar-refractivity contribution in [3.8, 4) is 0 Å². The summed E-state index contributed by atoms with van der Waals surface area (Å²) in [5.74, 6) is 0.453. The van der Waals surface area contributed by atoms with Gasteiger partial charge in [-0.05, 0) is 23.8 Å². The number of nitrogens with one attached hydrogen (secondary N) is 1. The second-order valence-corrected chi connectivity index (χ2v) is 5.80. The van der Waals surface area contributed by atoms with E-state index in [4.69, 9.17) is 0 Å². The maximum Gasteiger partial charge on any atom is 0.321 e. The van der Waals surface area contributed by atoms with Crippen LogP contribution >= 0.6 is 0 Å². The van der Waals surface area contributed by atoms with Crippen molar-refractivity contribution in [1.82, 2.24) is 9.97 Å². The van der Waals surface area contributed by atoms with E-state index in [2.05, 4.69) is 9.97 Å². The summed E-state index contributed by atoms with van der Waals surface area (Å²) in [7, 11) is 0. The third kappa shape index (κ3) is 2.92. The molecular weight excluding hydrogens is 268 g/mol. The maximum absolute atomic E-state index is 12.2. The Labute approximate surface area is 120 Å². The minimum atomic E-state index is -1.14. The van der Waals surface area contributed by atoms with Crippen molar-refractivity contribution < 1.29 is 4.55 Å². The molecule has 3 aromatic rings. The van der Waals surface area contributed by atoms with Crippen LogP contribution in [0.25, 0.3) is 17.1 Å². The standard InChI is InChI=1S/C16H14N2OS/c19-20(12-6-9-13-7-2-1-3-8-13)16-17-14-10-4-5-11-15(14)18-16/h1-11H,12H2,(H,17,18). The average Bonchev–Trinajstić information content (AvgIpc) is 2.92. The van der Waals surface area contributed by atoms with E-state index in [0.717, 1.165) is 16.6 Å². The first-order valence-corrected chi connectivity index (χ1v) is 7.69. The monoisotopic (exact) mass is 282 g/mol. The molecule has 0 amide bonds. The molecule has 3 rings (SSSR count). The van der Waals surface area contributed by atoms with E-state index >= 15 is 0 Å². The predicted molar refractivity (Wildman–Crippen MR) is 82.8 cm³/mol. The molecule has 0 aliphatic carbocycles. The second-order valence-electron chi connectivity index (χ2n) is 4.38. The molecule has 20 heavy (non-hydrogen) atoms. The molecular formula is C16H14N2OS. The van der Waals surface area contributed by atoms with Gasteiger partial charge in [-0.25, -0.2) is 0 Å². The summed E-state index contributed by atoms with van der Waals surface area (Å²) in [4.78, 5) is 7.45. The Morgan fingerprint density at radius 3 is 2.60 bits per heavy atom. The second kappa shape index (κ2) is 5.94. The number of hydrogen-bond acceptors (Lipinski definition) is 2. The fourth-order valence-corrected chi connectivity index (χ4v) is 2.80. The molecule has 2 aromatic carbocycles. The van der Waals surface area contributed by atoms with Crippen molar-refractivity contribution in [3.63, 3.8) is 0 Å². The first kappa shape index (κ1) is 13.0. The van der Waals surface area contributed by atoms with Gasteiger partial charge < -0.3 is 4.55 Å². The van der Waals surface area contributed by atoms with Crippen molar-refractivity contribution in [2.75, 3.05) is 5.75 Å². The summed E-state index contributed by atoms with van der Waals surface area (Å²) >= 11 is -1.14. The number of imidazole rings is 1. The first-order valence-electron chi connectivity index (χ1n) is 6.37. The fraction of sp³-hybridized carbons (Fsp3) is 0.0625. The third-order valence-corrected chi connectivity index (χ3v) is 4.06. The maximum atomic E-state index is 12.2. The normalized spacial score (nSPS) is 13.1. The Bertz CT molecular complexity index is 688. The highest BCUT2D eigenvalue weighted by atomic mass is 32.2. The molecule has 0 fully saturated rings. The van der Waals surface area contributed by atoms with E-state index < -0.39 is 11.2 Å². The molecule has 0 saturated carbocycles. The van der Waals surface area contributed by atoms with E-state index in [9.17, 15) is 4.55 Å². The lowest BCUT2D eigenvalue weighted by Crippen LogP contribution is -2.06. The molecule has 1 atom stereocenters. The van der Waals surface area contributed by atoms with Gasteiger partial charge in [-0.1, -0.05) is 48.5 Å². The van der Waals surface area contributed by atoms with Crippen molar-refractivity contribution in [1.29, 1.82) is 0 Å². The lowest BCUT2D eigenvalue weighted by atomic mass is 10.2. The van der Waals surface area contributed by atoms with E-state index in [1.807, 2.05) is 66.7 Å². The molecule has 3 nitrogen and oxygen atoms in total. The van der Waals surface area contributed by atoms with Crippen molar-refractivity contribution in [2.24, 2.45) is 0 Å². The van der Waals surface area contributed by atoms with Crippen LogP contribution < -0.4 is 0 Å². The molecule has 0 bridgehead atoms. The van der Waals surface area contributed by atoms with Gasteiger partial charge in [0.2, 0.25) is 0 Å². The number of para-hydroxylation sites is 2. The summed E-state index contributed by atoms with van der Waals surface area (Å²) in [5, 5.41) is 0.531. The van der Waals surface area contributed by atoms with E-state index in [1.165, 1.54) is 0 Å². The molecule has 4 heteroatoms. The lowest BCUT2D eigenvalue weighted by Gasteiger charge is -2.02. The summed E-state index contributed by atoms with van der Waals surface area (Å²) in [6.07, 6.45) is 3.89. The van der Waals surface area contributed by atoms with Crippen LogP contribution in [0.15, 0.2) is 65.8 Å². The summed E-state index contributed by atoms with van der Waals surface area (Å²) in [5.41, 5.74) is 2.87. The number of aromatic amines is 1. The van der Waals surface area contributed by atoms with Crippen LogP contribution in [0.3, 0.4) is 0 Å². The Balaban J connectivity index is 1.70. The largest absolute Gasteiger partial charge is 0.609 e. The minimum absolute atomic E-state index is 0.453. The fourth-order valence-electron chi connectivity index (χ4n) is 1.95. The van der Waals surface area contributed by atoms with E-state index in [0.29, 0.717) is 10.9 Å². The number of H-pyrrole nitrogens is 1. The third-order valence-electron chi connectivity index (χ3n) is 2.94.